The molecule has 0 radical (unpaired) electrons. The third-order valence-electron chi connectivity index (χ3n) is 3.14. The number of hydrogen-bond acceptors (Lipinski definition) is 4. The Morgan fingerprint density at radius 2 is 2.00 bits per heavy atom. The molecule has 1 amide bonds. The van der Waals surface area contributed by atoms with Crippen LogP contribution in [0.1, 0.15) is 30.6 Å². The molecule has 1 rings (SSSR count). The van der Waals surface area contributed by atoms with E-state index in [1.165, 1.54) is 6.42 Å². The number of pyridine rings is 1. The third-order valence-corrected chi connectivity index (χ3v) is 3.14. The molecule has 1 aromatic rings. The second-order valence-electron chi connectivity index (χ2n) is 4.99. The van der Waals surface area contributed by atoms with E-state index in [0.29, 0.717) is 5.56 Å². The molecule has 1 heterocycles. The molecule has 20 heavy (non-hydrogen) atoms. The SMILES string of the molecule is CCCN(CC)CCNc1ccc(C(=O)N(C)C)cn1. The molecule has 0 atom stereocenters. The van der Waals surface area contributed by atoms with Gasteiger partial charge in [0.25, 0.3) is 5.91 Å². The Bertz CT molecular complexity index is 403. The fourth-order valence-electron chi connectivity index (χ4n) is 1.97. The lowest BCUT2D eigenvalue weighted by Crippen LogP contribution is -2.29. The van der Waals surface area contributed by atoms with Crippen molar-refractivity contribution < 1.29 is 4.79 Å². The first-order valence-electron chi connectivity index (χ1n) is 7.22. The van der Waals surface area contributed by atoms with Crippen molar-refractivity contribution in [3.63, 3.8) is 0 Å². The predicted molar refractivity (Wildman–Crippen MR) is 83.1 cm³/mol. The second kappa shape index (κ2) is 8.53. The van der Waals surface area contributed by atoms with E-state index >= 15 is 0 Å². The van der Waals surface area contributed by atoms with E-state index in [-0.39, 0.29) is 5.91 Å². The first kappa shape index (κ1) is 16.4. The van der Waals surface area contributed by atoms with E-state index in [1.807, 2.05) is 6.07 Å². The van der Waals surface area contributed by atoms with Crippen LogP contribution in [0.25, 0.3) is 0 Å². The minimum absolute atomic E-state index is 0.0239. The molecule has 0 spiro atoms. The summed E-state index contributed by atoms with van der Waals surface area (Å²) < 4.78 is 0. The van der Waals surface area contributed by atoms with E-state index in [2.05, 4.69) is 29.0 Å². The van der Waals surface area contributed by atoms with Crippen molar-refractivity contribution in [2.75, 3.05) is 45.6 Å². The van der Waals surface area contributed by atoms with Crippen LogP contribution in [0.5, 0.6) is 0 Å². The lowest BCUT2D eigenvalue weighted by molar-refractivity contribution is 0.0827. The molecule has 0 fully saturated rings. The summed E-state index contributed by atoms with van der Waals surface area (Å²) in [6.45, 7) is 8.43. The fourth-order valence-corrected chi connectivity index (χ4v) is 1.97. The fraction of sp³-hybridized carbons (Fsp3) is 0.600. The van der Waals surface area contributed by atoms with Crippen LogP contribution in [0.4, 0.5) is 5.82 Å². The van der Waals surface area contributed by atoms with Gasteiger partial charge >= 0.3 is 0 Å². The van der Waals surface area contributed by atoms with E-state index < -0.39 is 0 Å². The standard InChI is InChI=1S/C15H26N4O/c1-5-10-19(6-2)11-9-16-14-8-7-13(12-17-14)15(20)18(3)4/h7-8,12H,5-6,9-11H2,1-4H3,(H,16,17). The number of anilines is 1. The number of aromatic nitrogens is 1. The van der Waals surface area contributed by atoms with Gasteiger partial charge in [0.2, 0.25) is 0 Å². The highest BCUT2D eigenvalue weighted by Gasteiger charge is 2.08. The summed E-state index contributed by atoms with van der Waals surface area (Å²) in [4.78, 5) is 20.0. The zero-order valence-electron chi connectivity index (χ0n) is 13.0. The molecule has 0 aliphatic carbocycles. The average Bonchev–Trinajstić information content (AvgIpc) is 2.46. The summed E-state index contributed by atoms with van der Waals surface area (Å²) in [5.74, 6) is 0.789. The number of hydrogen-bond donors (Lipinski definition) is 1. The van der Waals surface area contributed by atoms with Crippen LogP contribution in [-0.2, 0) is 0 Å². The number of rotatable bonds is 8. The van der Waals surface area contributed by atoms with Gasteiger partial charge in [-0.2, -0.15) is 0 Å². The highest BCUT2D eigenvalue weighted by atomic mass is 16.2. The van der Waals surface area contributed by atoms with Crippen LogP contribution in [0.15, 0.2) is 18.3 Å². The largest absolute Gasteiger partial charge is 0.369 e. The zero-order chi connectivity index (χ0) is 15.0. The molecule has 112 valence electrons. The minimum Gasteiger partial charge on any atom is -0.369 e. The van der Waals surface area contributed by atoms with Crippen LogP contribution in [-0.4, -0.2) is 61.0 Å². The molecular weight excluding hydrogens is 252 g/mol. The van der Waals surface area contributed by atoms with Gasteiger partial charge in [-0.1, -0.05) is 13.8 Å². The monoisotopic (exact) mass is 278 g/mol. The summed E-state index contributed by atoms with van der Waals surface area (Å²) in [6.07, 6.45) is 2.79. The van der Waals surface area contributed by atoms with Gasteiger partial charge in [0.15, 0.2) is 0 Å². The third kappa shape index (κ3) is 5.17. The van der Waals surface area contributed by atoms with Crippen LogP contribution in [0.2, 0.25) is 0 Å². The van der Waals surface area contributed by atoms with Gasteiger partial charge in [-0.15, -0.1) is 0 Å². The molecular formula is C15H26N4O. The van der Waals surface area contributed by atoms with Crippen molar-refractivity contribution in [1.29, 1.82) is 0 Å². The maximum Gasteiger partial charge on any atom is 0.254 e. The van der Waals surface area contributed by atoms with Gasteiger partial charge < -0.3 is 15.1 Å². The lowest BCUT2D eigenvalue weighted by Gasteiger charge is -2.19. The molecule has 0 saturated carbocycles. The lowest BCUT2D eigenvalue weighted by atomic mass is 10.2. The molecule has 0 unspecified atom stereocenters. The first-order valence-corrected chi connectivity index (χ1v) is 7.22. The van der Waals surface area contributed by atoms with Crippen molar-refractivity contribution in [2.45, 2.75) is 20.3 Å². The Hall–Kier alpha value is -1.62. The topological polar surface area (TPSA) is 48.5 Å². The highest BCUT2D eigenvalue weighted by molar-refractivity contribution is 5.93. The summed E-state index contributed by atoms with van der Waals surface area (Å²) >= 11 is 0. The Morgan fingerprint density at radius 1 is 1.25 bits per heavy atom. The molecule has 0 aromatic carbocycles. The predicted octanol–water partition coefficient (Wildman–Crippen LogP) is 1.93. The molecule has 0 bridgehead atoms. The Kier molecular flexibility index (Phi) is 7.01. The quantitative estimate of drug-likeness (QED) is 0.789. The highest BCUT2D eigenvalue weighted by Crippen LogP contribution is 2.06. The van der Waals surface area contributed by atoms with Gasteiger partial charge in [0, 0.05) is 33.4 Å². The normalized spacial score (nSPS) is 10.7. The Labute approximate surface area is 122 Å². The molecule has 5 nitrogen and oxygen atoms in total. The average molecular weight is 278 g/mol. The van der Waals surface area contributed by atoms with Crippen molar-refractivity contribution in [3.05, 3.63) is 23.9 Å². The number of carbonyl (C=O) groups excluding carboxylic acids is 1. The van der Waals surface area contributed by atoms with Gasteiger partial charge in [-0.05, 0) is 31.6 Å². The van der Waals surface area contributed by atoms with Gasteiger partial charge in [0.1, 0.15) is 5.82 Å². The Balaban J connectivity index is 2.44. The zero-order valence-corrected chi connectivity index (χ0v) is 13.0. The van der Waals surface area contributed by atoms with E-state index in [9.17, 15) is 4.79 Å². The number of carbonyl (C=O) groups is 1. The van der Waals surface area contributed by atoms with Crippen LogP contribution < -0.4 is 5.32 Å². The summed E-state index contributed by atoms with van der Waals surface area (Å²) in [5, 5.41) is 3.29. The van der Waals surface area contributed by atoms with Gasteiger partial charge in [0.05, 0.1) is 5.56 Å². The van der Waals surface area contributed by atoms with Crippen molar-refractivity contribution in [3.8, 4) is 0 Å². The van der Waals surface area contributed by atoms with E-state index in [0.717, 1.165) is 32.0 Å². The van der Waals surface area contributed by atoms with E-state index in [1.54, 1.807) is 31.3 Å². The number of nitrogens with one attached hydrogen (secondary N) is 1. The van der Waals surface area contributed by atoms with Crippen LogP contribution in [0, 0.1) is 0 Å². The minimum atomic E-state index is -0.0239. The number of likely N-dealkylation sites (N-methyl/N-ethyl adjacent to an activating group) is 1. The summed E-state index contributed by atoms with van der Waals surface area (Å²) in [6, 6.07) is 3.66. The smallest absolute Gasteiger partial charge is 0.254 e. The van der Waals surface area contributed by atoms with Crippen LogP contribution in [0.3, 0.4) is 0 Å². The van der Waals surface area contributed by atoms with E-state index in [4.69, 9.17) is 0 Å². The second-order valence-corrected chi connectivity index (χ2v) is 4.99. The summed E-state index contributed by atoms with van der Waals surface area (Å²) in [5.41, 5.74) is 0.613. The molecule has 1 N–H and O–H groups in total. The number of nitrogens with zero attached hydrogens (tertiary/aromatic N) is 3. The van der Waals surface area contributed by atoms with Gasteiger partial charge in [-0.25, -0.2) is 4.98 Å². The molecule has 1 aromatic heterocycles. The van der Waals surface area contributed by atoms with Gasteiger partial charge in [-0.3, -0.25) is 4.79 Å². The van der Waals surface area contributed by atoms with Crippen molar-refractivity contribution in [1.82, 2.24) is 14.8 Å². The molecule has 0 aliphatic rings. The van der Waals surface area contributed by atoms with Crippen molar-refractivity contribution in [2.24, 2.45) is 0 Å². The maximum atomic E-state index is 11.7. The molecule has 0 aliphatic heterocycles. The van der Waals surface area contributed by atoms with Crippen molar-refractivity contribution >= 4 is 11.7 Å². The molecule has 0 saturated heterocycles. The summed E-state index contributed by atoms with van der Waals surface area (Å²) in [7, 11) is 3.48. The first-order chi connectivity index (χ1) is 9.58. The van der Waals surface area contributed by atoms with Crippen LogP contribution >= 0.6 is 0 Å². The molecule has 5 heteroatoms. The Morgan fingerprint density at radius 3 is 2.50 bits per heavy atom. The maximum absolute atomic E-state index is 11.7. The number of amides is 1.